The first-order chi connectivity index (χ1) is 8.92. The minimum absolute atomic E-state index is 0.00674. The lowest BCUT2D eigenvalue weighted by atomic mass is 10.1. The summed E-state index contributed by atoms with van der Waals surface area (Å²) in [6.45, 7) is 2.57. The smallest absolute Gasteiger partial charge is 0.214 e. The highest BCUT2D eigenvalue weighted by molar-refractivity contribution is 7.90. The van der Waals surface area contributed by atoms with Crippen LogP contribution in [0.1, 0.15) is 24.6 Å². The highest BCUT2D eigenvalue weighted by atomic mass is 32.2. The zero-order valence-corrected chi connectivity index (χ0v) is 12.5. The molecule has 1 unspecified atom stereocenters. The van der Waals surface area contributed by atoms with Crippen LogP contribution >= 0.6 is 11.3 Å². The highest BCUT2D eigenvalue weighted by Gasteiger charge is 2.31. The maximum absolute atomic E-state index is 12.1. The Bertz CT molecular complexity index is 490. The van der Waals surface area contributed by atoms with E-state index >= 15 is 0 Å². The summed E-state index contributed by atoms with van der Waals surface area (Å²) in [6, 6.07) is 3.63. The molecular formula is C12H19NO4S2. The molecule has 0 aliphatic carbocycles. The van der Waals surface area contributed by atoms with Crippen molar-refractivity contribution in [2.45, 2.75) is 30.6 Å². The number of hydrogen-bond donors (Lipinski definition) is 2. The van der Waals surface area contributed by atoms with Crippen LogP contribution in [0.25, 0.3) is 0 Å². The average Bonchev–Trinajstić information content (AvgIpc) is 2.93. The van der Waals surface area contributed by atoms with Gasteiger partial charge < -0.3 is 9.84 Å². The molecule has 2 N–H and O–H groups in total. The van der Waals surface area contributed by atoms with Crippen molar-refractivity contribution in [3.05, 3.63) is 22.4 Å². The molecule has 0 radical (unpaired) electrons. The van der Waals surface area contributed by atoms with Gasteiger partial charge in [-0.3, -0.25) is 0 Å². The van der Waals surface area contributed by atoms with Crippen molar-refractivity contribution < 1.29 is 18.3 Å². The molecule has 1 atom stereocenters. The van der Waals surface area contributed by atoms with Crippen LogP contribution in [0, 0.1) is 0 Å². The lowest BCUT2D eigenvalue weighted by Gasteiger charge is -2.26. The van der Waals surface area contributed by atoms with Crippen molar-refractivity contribution in [2.24, 2.45) is 0 Å². The summed E-state index contributed by atoms with van der Waals surface area (Å²) in [5.74, 6) is 0. The van der Waals surface area contributed by atoms with Crippen LogP contribution in [0.2, 0.25) is 0 Å². The molecule has 7 heteroatoms. The van der Waals surface area contributed by atoms with Crippen molar-refractivity contribution in [2.75, 3.05) is 19.8 Å². The molecular weight excluding hydrogens is 286 g/mol. The van der Waals surface area contributed by atoms with Gasteiger partial charge in [-0.2, -0.15) is 0 Å². The third-order valence-electron chi connectivity index (χ3n) is 3.28. The van der Waals surface area contributed by atoms with E-state index in [-0.39, 0.29) is 6.54 Å². The SMILES string of the molecule is CC(O)(CNS(=O)(=O)C1CCOCC1)c1cccs1. The van der Waals surface area contributed by atoms with E-state index in [4.69, 9.17) is 4.74 Å². The quantitative estimate of drug-likeness (QED) is 0.853. The summed E-state index contributed by atoms with van der Waals surface area (Å²) in [4.78, 5) is 0.752. The molecule has 0 saturated carbocycles. The topological polar surface area (TPSA) is 75.6 Å². The third kappa shape index (κ3) is 3.76. The van der Waals surface area contributed by atoms with E-state index in [1.165, 1.54) is 11.3 Å². The van der Waals surface area contributed by atoms with Gasteiger partial charge in [0.25, 0.3) is 0 Å². The molecule has 1 aromatic heterocycles. The Balaban J connectivity index is 1.97. The standard InChI is InChI=1S/C12H19NO4S2/c1-12(14,11-3-2-8-18-11)9-13-19(15,16)10-4-6-17-7-5-10/h2-3,8,10,13-14H,4-7,9H2,1H3. The van der Waals surface area contributed by atoms with E-state index in [0.717, 1.165) is 4.88 Å². The van der Waals surface area contributed by atoms with Crippen molar-refractivity contribution in [1.29, 1.82) is 0 Å². The first-order valence-electron chi connectivity index (χ1n) is 6.24. The Morgan fingerprint density at radius 1 is 1.53 bits per heavy atom. The maximum Gasteiger partial charge on any atom is 0.214 e. The first kappa shape index (κ1) is 14.9. The van der Waals surface area contributed by atoms with E-state index in [0.29, 0.717) is 26.1 Å². The number of ether oxygens (including phenoxy) is 1. The van der Waals surface area contributed by atoms with Crippen LogP contribution in [0.15, 0.2) is 17.5 Å². The van der Waals surface area contributed by atoms with Crippen LogP contribution < -0.4 is 4.72 Å². The Morgan fingerprint density at radius 2 is 2.21 bits per heavy atom. The number of nitrogens with one attached hydrogen (secondary N) is 1. The van der Waals surface area contributed by atoms with Gasteiger partial charge in [-0.05, 0) is 31.2 Å². The summed E-state index contributed by atoms with van der Waals surface area (Å²) < 4.78 is 31.9. The number of rotatable bonds is 5. The van der Waals surface area contributed by atoms with Crippen LogP contribution in [0.3, 0.4) is 0 Å². The largest absolute Gasteiger partial charge is 0.383 e. The molecule has 1 aliphatic rings. The summed E-state index contributed by atoms with van der Waals surface area (Å²) in [7, 11) is -3.39. The van der Waals surface area contributed by atoms with Crippen molar-refractivity contribution >= 4 is 21.4 Å². The fourth-order valence-electron chi connectivity index (χ4n) is 2.02. The van der Waals surface area contributed by atoms with Crippen molar-refractivity contribution in [3.63, 3.8) is 0 Å². The summed E-state index contributed by atoms with van der Waals surface area (Å²) in [5.41, 5.74) is -1.17. The average molecular weight is 305 g/mol. The van der Waals surface area contributed by atoms with Gasteiger partial charge in [0.2, 0.25) is 10.0 Å². The van der Waals surface area contributed by atoms with Crippen molar-refractivity contribution in [1.82, 2.24) is 4.72 Å². The van der Waals surface area contributed by atoms with Gasteiger partial charge in [-0.1, -0.05) is 6.07 Å². The molecule has 0 amide bonds. The number of thiophene rings is 1. The number of sulfonamides is 1. The first-order valence-corrected chi connectivity index (χ1v) is 8.67. The second-order valence-electron chi connectivity index (χ2n) is 4.93. The second kappa shape index (κ2) is 5.88. The van der Waals surface area contributed by atoms with Crippen LogP contribution in [-0.4, -0.2) is 38.5 Å². The number of aliphatic hydroxyl groups is 1. The Kier molecular flexibility index (Phi) is 4.62. The predicted octanol–water partition coefficient (Wildman–Crippen LogP) is 1.05. The van der Waals surface area contributed by atoms with Crippen molar-refractivity contribution in [3.8, 4) is 0 Å². The van der Waals surface area contributed by atoms with Gasteiger partial charge in [0.1, 0.15) is 5.60 Å². The fraction of sp³-hybridized carbons (Fsp3) is 0.667. The number of hydrogen-bond acceptors (Lipinski definition) is 5. The summed E-state index contributed by atoms with van der Waals surface area (Å²) in [6.07, 6.45) is 1.02. The molecule has 19 heavy (non-hydrogen) atoms. The molecule has 0 aromatic carbocycles. The molecule has 1 aromatic rings. The van der Waals surface area contributed by atoms with E-state index < -0.39 is 20.9 Å². The molecule has 108 valence electrons. The molecule has 5 nitrogen and oxygen atoms in total. The molecule has 1 aliphatic heterocycles. The lowest BCUT2D eigenvalue weighted by molar-refractivity contribution is 0.0660. The zero-order valence-electron chi connectivity index (χ0n) is 10.8. The molecule has 1 saturated heterocycles. The monoisotopic (exact) mass is 305 g/mol. The van der Waals surface area contributed by atoms with E-state index in [1.807, 2.05) is 11.4 Å². The summed E-state index contributed by atoms with van der Waals surface area (Å²) in [5, 5.41) is 11.7. The molecule has 1 fully saturated rings. The zero-order chi connectivity index (χ0) is 13.9. The normalized spacial score (nSPS) is 21.2. The maximum atomic E-state index is 12.1. The molecule has 2 heterocycles. The molecule has 0 bridgehead atoms. The van der Waals surface area contributed by atoms with Crippen LogP contribution in [-0.2, 0) is 20.4 Å². The minimum Gasteiger partial charge on any atom is -0.383 e. The lowest BCUT2D eigenvalue weighted by Crippen LogP contribution is -2.43. The van der Waals surface area contributed by atoms with Crippen LogP contribution in [0.4, 0.5) is 0 Å². The Labute approximate surface area is 117 Å². The Hall–Kier alpha value is -0.470. The third-order valence-corrected chi connectivity index (χ3v) is 6.30. The summed E-state index contributed by atoms with van der Waals surface area (Å²) >= 11 is 1.41. The predicted molar refractivity (Wildman–Crippen MR) is 74.7 cm³/mol. The molecule has 2 rings (SSSR count). The minimum atomic E-state index is -3.39. The second-order valence-corrected chi connectivity index (χ2v) is 7.92. The molecule has 0 spiro atoms. The van der Waals surface area contributed by atoms with E-state index in [9.17, 15) is 13.5 Å². The fourth-order valence-corrected chi connectivity index (χ4v) is 4.34. The Morgan fingerprint density at radius 3 is 2.79 bits per heavy atom. The highest BCUT2D eigenvalue weighted by Crippen LogP contribution is 2.25. The van der Waals surface area contributed by atoms with E-state index in [1.54, 1.807) is 13.0 Å². The van der Waals surface area contributed by atoms with Gasteiger partial charge >= 0.3 is 0 Å². The van der Waals surface area contributed by atoms with Gasteiger partial charge in [-0.15, -0.1) is 11.3 Å². The van der Waals surface area contributed by atoms with Gasteiger partial charge in [0.05, 0.1) is 5.25 Å². The van der Waals surface area contributed by atoms with Gasteiger partial charge in [0, 0.05) is 24.6 Å². The van der Waals surface area contributed by atoms with Gasteiger partial charge in [0.15, 0.2) is 0 Å². The van der Waals surface area contributed by atoms with E-state index in [2.05, 4.69) is 4.72 Å². The van der Waals surface area contributed by atoms with Crippen LogP contribution in [0.5, 0.6) is 0 Å². The van der Waals surface area contributed by atoms with Gasteiger partial charge in [-0.25, -0.2) is 13.1 Å².